The molecule has 0 aliphatic carbocycles. The highest BCUT2D eigenvalue weighted by atomic mass is 32.2. The molecule has 0 radical (unpaired) electrons. The molecule has 2 N–H and O–H groups in total. The summed E-state index contributed by atoms with van der Waals surface area (Å²) in [5, 5.41) is 13.6. The van der Waals surface area contributed by atoms with Crippen LogP contribution in [0.4, 0.5) is 10.8 Å². The number of hydrogen-bond acceptors (Lipinski definition) is 8. The molecule has 10 heteroatoms. The minimum Gasteiger partial charge on any atom is -0.497 e. The molecule has 2 aromatic carbocycles. The molecule has 0 bridgehead atoms. The summed E-state index contributed by atoms with van der Waals surface area (Å²) >= 11 is 2.43. The molecule has 29 heavy (non-hydrogen) atoms. The van der Waals surface area contributed by atoms with Gasteiger partial charge in [0.25, 0.3) is 5.91 Å². The van der Waals surface area contributed by atoms with Crippen LogP contribution in [0.2, 0.25) is 0 Å². The Hall–Kier alpha value is -3.11. The molecule has 0 aliphatic heterocycles. The fourth-order valence-corrected chi connectivity index (χ4v) is 3.73. The summed E-state index contributed by atoms with van der Waals surface area (Å²) in [6, 6.07) is 16.2. The SMILES string of the molecule is COc1cccc(NC(=O)CSc2nnc(NC(=O)COc3ccccc3)s2)c1. The van der Waals surface area contributed by atoms with Gasteiger partial charge in [-0.3, -0.25) is 14.9 Å². The largest absolute Gasteiger partial charge is 0.497 e. The number of carbonyl (C=O) groups excluding carboxylic acids is 2. The fraction of sp³-hybridized carbons (Fsp3) is 0.158. The molecule has 0 unspecified atom stereocenters. The van der Waals surface area contributed by atoms with E-state index in [1.54, 1.807) is 43.5 Å². The van der Waals surface area contributed by atoms with Crippen molar-refractivity contribution in [1.82, 2.24) is 10.2 Å². The van der Waals surface area contributed by atoms with E-state index in [2.05, 4.69) is 20.8 Å². The molecule has 0 spiro atoms. The maximum atomic E-state index is 12.1. The second kappa shape index (κ2) is 10.4. The number of aromatic nitrogens is 2. The Morgan fingerprint density at radius 2 is 1.79 bits per heavy atom. The van der Waals surface area contributed by atoms with Crippen molar-refractivity contribution in [3.8, 4) is 11.5 Å². The first-order valence-corrected chi connectivity index (χ1v) is 10.3. The van der Waals surface area contributed by atoms with Gasteiger partial charge in [-0.25, -0.2) is 0 Å². The number of benzene rings is 2. The molecule has 0 saturated heterocycles. The van der Waals surface area contributed by atoms with Gasteiger partial charge in [-0.1, -0.05) is 47.4 Å². The van der Waals surface area contributed by atoms with Gasteiger partial charge in [0, 0.05) is 11.8 Å². The van der Waals surface area contributed by atoms with E-state index in [0.29, 0.717) is 26.7 Å². The molecule has 0 aliphatic rings. The highest BCUT2D eigenvalue weighted by Crippen LogP contribution is 2.26. The zero-order valence-corrected chi connectivity index (χ0v) is 17.1. The third-order valence-corrected chi connectivity index (χ3v) is 5.42. The van der Waals surface area contributed by atoms with Crippen molar-refractivity contribution in [3.05, 3.63) is 54.6 Å². The fourth-order valence-electron chi connectivity index (χ4n) is 2.16. The van der Waals surface area contributed by atoms with Crippen LogP contribution in [-0.4, -0.2) is 41.5 Å². The Morgan fingerprint density at radius 1 is 1.00 bits per heavy atom. The number of anilines is 2. The Morgan fingerprint density at radius 3 is 2.59 bits per heavy atom. The minimum atomic E-state index is -0.336. The molecular formula is C19H18N4O4S2. The predicted molar refractivity (Wildman–Crippen MR) is 113 cm³/mol. The van der Waals surface area contributed by atoms with Crippen molar-refractivity contribution in [1.29, 1.82) is 0 Å². The van der Waals surface area contributed by atoms with E-state index in [1.165, 1.54) is 23.1 Å². The summed E-state index contributed by atoms with van der Waals surface area (Å²) in [6.07, 6.45) is 0. The topological polar surface area (TPSA) is 102 Å². The lowest BCUT2D eigenvalue weighted by Gasteiger charge is -2.06. The van der Waals surface area contributed by atoms with Crippen LogP contribution in [0.3, 0.4) is 0 Å². The second-order valence-corrected chi connectivity index (χ2v) is 7.79. The highest BCUT2D eigenvalue weighted by molar-refractivity contribution is 8.01. The van der Waals surface area contributed by atoms with E-state index in [-0.39, 0.29) is 24.2 Å². The number of amides is 2. The first kappa shape index (κ1) is 20.6. The zero-order valence-electron chi connectivity index (χ0n) is 15.5. The Labute approximate surface area is 175 Å². The first-order valence-electron chi connectivity index (χ1n) is 8.50. The summed E-state index contributed by atoms with van der Waals surface area (Å²) in [4.78, 5) is 24.0. The zero-order chi connectivity index (χ0) is 20.5. The summed E-state index contributed by atoms with van der Waals surface area (Å²) in [5.74, 6) is 0.920. The van der Waals surface area contributed by atoms with E-state index in [1.807, 2.05) is 18.2 Å². The molecule has 150 valence electrons. The van der Waals surface area contributed by atoms with Crippen LogP contribution in [0.25, 0.3) is 0 Å². The van der Waals surface area contributed by atoms with Gasteiger partial charge in [0.05, 0.1) is 12.9 Å². The number of para-hydroxylation sites is 1. The summed E-state index contributed by atoms with van der Waals surface area (Å²) < 4.78 is 11.1. The monoisotopic (exact) mass is 430 g/mol. The molecule has 0 saturated carbocycles. The van der Waals surface area contributed by atoms with Crippen LogP contribution in [0.1, 0.15) is 0 Å². The third kappa shape index (κ3) is 6.77. The average molecular weight is 431 g/mol. The van der Waals surface area contributed by atoms with Gasteiger partial charge in [-0.05, 0) is 24.3 Å². The number of thioether (sulfide) groups is 1. The molecule has 3 rings (SSSR count). The Kier molecular flexibility index (Phi) is 7.42. The van der Waals surface area contributed by atoms with Crippen molar-refractivity contribution < 1.29 is 19.1 Å². The van der Waals surface area contributed by atoms with Crippen LogP contribution in [0, 0.1) is 0 Å². The number of methoxy groups -OCH3 is 1. The van der Waals surface area contributed by atoms with Crippen molar-refractivity contribution in [2.45, 2.75) is 4.34 Å². The molecule has 0 atom stereocenters. The minimum absolute atomic E-state index is 0.130. The van der Waals surface area contributed by atoms with E-state index < -0.39 is 0 Å². The lowest BCUT2D eigenvalue weighted by atomic mass is 10.3. The van der Waals surface area contributed by atoms with Gasteiger partial charge in [0.15, 0.2) is 10.9 Å². The van der Waals surface area contributed by atoms with Crippen molar-refractivity contribution in [3.63, 3.8) is 0 Å². The van der Waals surface area contributed by atoms with E-state index in [9.17, 15) is 9.59 Å². The van der Waals surface area contributed by atoms with Gasteiger partial charge in [-0.2, -0.15) is 0 Å². The predicted octanol–water partition coefficient (Wildman–Crippen LogP) is 3.30. The van der Waals surface area contributed by atoms with Gasteiger partial charge < -0.3 is 14.8 Å². The number of ether oxygens (including phenoxy) is 2. The molecule has 3 aromatic rings. The lowest BCUT2D eigenvalue weighted by Crippen LogP contribution is -2.20. The van der Waals surface area contributed by atoms with Crippen molar-refractivity contribution >= 4 is 45.7 Å². The normalized spacial score (nSPS) is 10.2. The number of nitrogens with zero attached hydrogens (tertiary/aromatic N) is 2. The standard InChI is InChI=1S/C19H18N4O4S2/c1-26-15-9-5-6-13(10-15)20-17(25)12-28-19-23-22-18(29-19)21-16(24)11-27-14-7-3-2-4-8-14/h2-10H,11-12H2,1H3,(H,20,25)(H,21,22,24). The first-order chi connectivity index (χ1) is 14.1. The van der Waals surface area contributed by atoms with Crippen LogP contribution in [-0.2, 0) is 9.59 Å². The second-order valence-electron chi connectivity index (χ2n) is 5.59. The Balaban J connectivity index is 1.42. The highest BCUT2D eigenvalue weighted by Gasteiger charge is 2.11. The van der Waals surface area contributed by atoms with Crippen LogP contribution in [0.5, 0.6) is 11.5 Å². The lowest BCUT2D eigenvalue weighted by molar-refractivity contribution is -0.118. The number of rotatable bonds is 9. The molecule has 1 aromatic heterocycles. The van der Waals surface area contributed by atoms with Crippen LogP contribution < -0.4 is 20.1 Å². The maximum Gasteiger partial charge on any atom is 0.264 e. The average Bonchev–Trinajstić information content (AvgIpc) is 3.19. The number of carbonyl (C=O) groups is 2. The van der Waals surface area contributed by atoms with Crippen molar-refractivity contribution in [2.75, 3.05) is 30.1 Å². The Bertz CT molecular complexity index is 966. The third-order valence-electron chi connectivity index (χ3n) is 3.45. The molecule has 8 nitrogen and oxygen atoms in total. The van der Waals surface area contributed by atoms with E-state index in [4.69, 9.17) is 9.47 Å². The number of nitrogens with one attached hydrogen (secondary N) is 2. The summed E-state index contributed by atoms with van der Waals surface area (Å²) in [7, 11) is 1.57. The smallest absolute Gasteiger partial charge is 0.264 e. The maximum absolute atomic E-state index is 12.1. The molecule has 1 heterocycles. The van der Waals surface area contributed by atoms with Crippen LogP contribution in [0.15, 0.2) is 58.9 Å². The quantitative estimate of drug-likeness (QED) is 0.397. The van der Waals surface area contributed by atoms with Gasteiger partial charge in [0.1, 0.15) is 11.5 Å². The van der Waals surface area contributed by atoms with E-state index >= 15 is 0 Å². The van der Waals surface area contributed by atoms with Crippen molar-refractivity contribution in [2.24, 2.45) is 0 Å². The number of hydrogen-bond donors (Lipinski definition) is 2. The molecule has 2 amide bonds. The molecular weight excluding hydrogens is 412 g/mol. The van der Waals surface area contributed by atoms with Gasteiger partial charge in [0.2, 0.25) is 11.0 Å². The summed E-state index contributed by atoms with van der Waals surface area (Å²) in [5.41, 5.74) is 0.651. The summed E-state index contributed by atoms with van der Waals surface area (Å²) in [6.45, 7) is -0.130. The van der Waals surface area contributed by atoms with Crippen LogP contribution >= 0.6 is 23.1 Å². The van der Waals surface area contributed by atoms with Gasteiger partial charge in [-0.15, -0.1) is 10.2 Å². The molecule has 0 fully saturated rings. The van der Waals surface area contributed by atoms with Gasteiger partial charge >= 0.3 is 0 Å². The van der Waals surface area contributed by atoms with E-state index in [0.717, 1.165) is 0 Å².